The van der Waals surface area contributed by atoms with Gasteiger partial charge in [-0.1, -0.05) is 63.2 Å². The van der Waals surface area contributed by atoms with E-state index < -0.39 is 20.3 Å². The molecule has 0 fully saturated rings. The van der Waals surface area contributed by atoms with Gasteiger partial charge in [-0.25, -0.2) is 0 Å². The van der Waals surface area contributed by atoms with Crippen LogP contribution >= 0.6 is 0 Å². The zero-order valence-electron chi connectivity index (χ0n) is 19.3. The summed E-state index contributed by atoms with van der Waals surface area (Å²) >= 11 is 0. The van der Waals surface area contributed by atoms with E-state index in [1.54, 1.807) is 0 Å². The van der Waals surface area contributed by atoms with Gasteiger partial charge in [-0.3, -0.25) is 0 Å². The van der Waals surface area contributed by atoms with Gasteiger partial charge in [0, 0.05) is 12.8 Å². The van der Waals surface area contributed by atoms with Crippen LogP contribution in [-0.4, -0.2) is 56.9 Å². The molecule has 0 aliphatic heterocycles. The van der Waals surface area contributed by atoms with Crippen LogP contribution in [0.3, 0.4) is 0 Å². The summed E-state index contributed by atoms with van der Waals surface area (Å²) in [6.45, 7) is 8.00. The molecular formula is C26H38O4Si. The largest absolute Gasteiger partial charge is 0.390 e. The van der Waals surface area contributed by atoms with E-state index in [2.05, 4.69) is 56.5 Å². The van der Waals surface area contributed by atoms with Crippen LogP contribution in [0.4, 0.5) is 0 Å². The molecule has 2 unspecified atom stereocenters. The number of ether oxygens (including phenoxy) is 2. The molecule has 0 saturated carbocycles. The summed E-state index contributed by atoms with van der Waals surface area (Å²) in [5.74, 6) is 3.20. The van der Waals surface area contributed by atoms with E-state index in [0.717, 1.165) is 5.56 Å². The molecule has 0 bridgehead atoms. The van der Waals surface area contributed by atoms with Crippen LogP contribution in [0.5, 0.6) is 0 Å². The van der Waals surface area contributed by atoms with Gasteiger partial charge in [-0.05, 0) is 34.5 Å². The van der Waals surface area contributed by atoms with Crippen molar-refractivity contribution in [3.05, 3.63) is 48.0 Å². The smallest absolute Gasteiger partial charge is 0.137 e. The summed E-state index contributed by atoms with van der Waals surface area (Å²) < 4.78 is 11.0. The van der Waals surface area contributed by atoms with Crippen molar-refractivity contribution in [2.24, 2.45) is 0 Å². The van der Waals surface area contributed by atoms with E-state index in [-0.39, 0.29) is 13.2 Å². The second-order valence-electron chi connectivity index (χ2n) is 8.19. The molecular weight excluding hydrogens is 404 g/mol. The maximum absolute atomic E-state index is 10.2. The number of benzene rings is 2. The lowest BCUT2D eigenvalue weighted by atomic mass is 10.0. The third-order valence-corrected chi connectivity index (χ3v) is 10.8. The van der Waals surface area contributed by atoms with Gasteiger partial charge in [0.2, 0.25) is 0 Å². The maximum atomic E-state index is 10.2. The number of aliphatic hydroxyl groups is 2. The van der Waals surface area contributed by atoms with Crippen LogP contribution in [0.15, 0.2) is 42.5 Å². The van der Waals surface area contributed by atoms with Crippen LogP contribution in [-0.2, 0) is 15.9 Å². The second-order valence-corrected chi connectivity index (χ2v) is 13.1. The van der Waals surface area contributed by atoms with E-state index in [1.807, 2.05) is 18.2 Å². The summed E-state index contributed by atoms with van der Waals surface area (Å²) in [4.78, 5) is 0. The van der Waals surface area contributed by atoms with Gasteiger partial charge >= 0.3 is 0 Å². The molecule has 2 aromatic rings. The van der Waals surface area contributed by atoms with Crippen molar-refractivity contribution in [3.8, 4) is 11.5 Å². The highest BCUT2D eigenvalue weighted by molar-refractivity contribution is 6.87. The number of aliphatic hydroxyl groups excluding tert-OH is 2. The molecule has 2 aromatic carbocycles. The zero-order valence-corrected chi connectivity index (χ0v) is 20.3. The third kappa shape index (κ3) is 8.76. The molecule has 0 spiro atoms. The second kappa shape index (κ2) is 13.7. The minimum atomic E-state index is -1.44. The van der Waals surface area contributed by atoms with Crippen molar-refractivity contribution in [1.29, 1.82) is 0 Å². The van der Waals surface area contributed by atoms with Crippen molar-refractivity contribution in [2.45, 2.75) is 64.0 Å². The van der Waals surface area contributed by atoms with Gasteiger partial charge in [-0.2, -0.15) is 0 Å². The van der Waals surface area contributed by atoms with Gasteiger partial charge < -0.3 is 19.7 Å². The molecule has 0 aromatic heterocycles. The Morgan fingerprint density at radius 1 is 0.839 bits per heavy atom. The predicted octanol–water partition coefficient (Wildman–Crippen LogP) is 4.58. The van der Waals surface area contributed by atoms with Gasteiger partial charge in [-0.15, -0.1) is 11.5 Å². The summed E-state index contributed by atoms with van der Waals surface area (Å²) in [5, 5.41) is 22.7. The first-order chi connectivity index (χ1) is 15.0. The number of hydrogen-bond acceptors (Lipinski definition) is 4. The average molecular weight is 443 g/mol. The average Bonchev–Trinajstić information content (AvgIpc) is 2.79. The van der Waals surface area contributed by atoms with Gasteiger partial charge in [0.25, 0.3) is 0 Å². The van der Waals surface area contributed by atoms with Crippen LogP contribution < -0.4 is 0 Å². The molecule has 31 heavy (non-hydrogen) atoms. The normalized spacial score (nSPS) is 13.6. The highest BCUT2D eigenvalue weighted by Gasteiger charge is 2.24. The Balaban J connectivity index is 1.59. The topological polar surface area (TPSA) is 58.9 Å². The van der Waals surface area contributed by atoms with E-state index in [9.17, 15) is 10.2 Å². The number of fused-ring (bicyclic) bond motifs is 1. The highest BCUT2D eigenvalue weighted by atomic mass is 28.3. The fraction of sp³-hybridized carbons (Fsp3) is 0.538. The lowest BCUT2D eigenvalue weighted by molar-refractivity contribution is -0.0156. The first-order valence-corrected chi connectivity index (χ1v) is 14.1. The molecule has 5 heteroatoms. The molecule has 170 valence electrons. The standard InChI is InChI=1S/C26H38O4Si/c1-4-31(5-2,6-3)17-9-12-25(27)20-29-15-16-30-21-26(28)19-22-13-14-23-10-7-8-11-24(23)18-22/h7-8,10-11,13-14,18,25-28H,4-6,12,15-16,19-21H2,1-3H3. The monoisotopic (exact) mass is 442 g/mol. The van der Waals surface area contributed by atoms with Gasteiger partial charge in [0.05, 0.1) is 38.6 Å². The first-order valence-electron chi connectivity index (χ1n) is 11.5. The van der Waals surface area contributed by atoms with E-state index in [4.69, 9.17) is 9.47 Å². The Labute approximate surface area is 188 Å². The molecule has 4 nitrogen and oxygen atoms in total. The Hall–Kier alpha value is -1.68. The molecule has 0 amide bonds. The first kappa shape index (κ1) is 25.6. The quantitative estimate of drug-likeness (QED) is 0.271. The van der Waals surface area contributed by atoms with E-state index >= 15 is 0 Å². The molecule has 0 aliphatic rings. The van der Waals surface area contributed by atoms with Crippen LogP contribution in [0.2, 0.25) is 18.1 Å². The van der Waals surface area contributed by atoms with Crippen LogP contribution in [0, 0.1) is 11.5 Å². The number of hydrogen-bond donors (Lipinski definition) is 2. The summed E-state index contributed by atoms with van der Waals surface area (Å²) in [7, 11) is -1.44. The molecule has 2 rings (SSSR count). The summed E-state index contributed by atoms with van der Waals surface area (Å²) in [5.41, 5.74) is 4.58. The fourth-order valence-electron chi connectivity index (χ4n) is 3.68. The Morgan fingerprint density at radius 3 is 2.10 bits per heavy atom. The third-order valence-electron chi connectivity index (χ3n) is 6.00. The predicted molar refractivity (Wildman–Crippen MR) is 131 cm³/mol. The highest BCUT2D eigenvalue weighted by Crippen LogP contribution is 2.19. The van der Waals surface area contributed by atoms with Crippen molar-refractivity contribution >= 4 is 18.8 Å². The Bertz CT molecular complexity index is 830. The van der Waals surface area contributed by atoms with Crippen molar-refractivity contribution in [3.63, 3.8) is 0 Å². The van der Waals surface area contributed by atoms with Crippen LogP contribution in [0.25, 0.3) is 10.8 Å². The minimum Gasteiger partial charge on any atom is -0.390 e. The van der Waals surface area contributed by atoms with Crippen molar-refractivity contribution in [2.75, 3.05) is 26.4 Å². The van der Waals surface area contributed by atoms with E-state index in [0.29, 0.717) is 26.1 Å². The molecule has 2 N–H and O–H groups in total. The molecule has 0 radical (unpaired) electrons. The van der Waals surface area contributed by atoms with Gasteiger partial charge in [0.15, 0.2) is 0 Å². The van der Waals surface area contributed by atoms with E-state index in [1.165, 1.54) is 28.9 Å². The zero-order chi connectivity index (χ0) is 22.5. The summed E-state index contributed by atoms with van der Waals surface area (Å²) in [6.07, 6.45) is -0.105. The molecule has 2 atom stereocenters. The lowest BCUT2D eigenvalue weighted by Crippen LogP contribution is -2.29. The van der Waals surface area contributed by atoms with Crippen molar-refractivity contribution in [1.82, 2.24) is 0 Å². The molecule has 0 heterocycles. The molecule has 0 saturated heterocycles. The maximum Gasteiger partial charge on any atom is 0.137 e. The molecule has 0 aliphatic carbocycles. The number of rotatable bonds is 13. The van der Waals surface area contributed by atoms with Crippen molar-refractivity contribution < 1.29 is 19.7 Å². The fourth-order valence-corrected chi connectivity index (χ4v) is 6.19. The Kier molecular flexibility index (Phi) is 11.3. The SMILES string of the molecule is CC[Si](C#CCC(O)COCCOCC(O)Cc1ccc2ccccc2c1)(CC)CC. The Morgan fingerprint density at radius 2 is 1.45 bits per heavy atom. The summed E-state index contributed by atoms with van der Waals surface area (Å²) in [6, 6.07) is 18.0. The minimum absolute atomic E-state index is 0.261. The lowest BCUT2D eigenvalue weighted by Gasteiger charge is -2.20. The van der Waals surface area contributed by atoms with Gasteiger partial charge in [0.1, 0.15) is 8.07 Å². The van der Waals surface area contributed by atoms with Crippen LogP contribution in [0.1, 0.15) is 32.8 Å².